The van der Waals surface area contributed by atoms with E-state index in [1.807, 2.05) is 37.4 Å². The van der Waals surface area contributed by atoms with Crippen molar-refractivity contribution in [3.05, 3.63) is 53.6 Å². The van der Waals surface area contributed by atoms with Crippen molar-refractivity contribution in [2.24, 2.45) is 12.8 Å². The molecule has 0 aliphatic rings. The largest absolute Gasteiger partial charge is 0.456 e. The Bertz CT molecular complexity index is 661. The molecule has 0 fully saturated rings. The molecule has 2 aromatic rings. The van der Waals surface area contributed by atoms with Crippen molar-refractivity contribution in [1.82, 2.24) is 9.55 Å². The molecule has 0 aliphatic heterocycles. The molecule has 130 valence electrons. The summed E-state index contributed by atoms with van der Waals surface area (Å²) in [6.07, 6.45) is 4.95. The van der Waals surface area contributed by atoms with Crippen molar-refractivity contribution < 1.29 is 9.53 Å². The Morgan fingerprint density at radius 1 is 1.25 bits per heavy atom. The second kappa shape index (κ2) is 8.11. The summed E-state index contributed by atoms with van der Waals surface area (Å²) in [5, 5.41) is 0. The fraction of sp³-hybridized carbons (Fsp3) is 0.474. The topological polar surface area (TPSA) is 70.1 Å². The van der Waals surface area contributed by atoms with Crippen LogP contribution in [0.5, 0.6) is 0 Å². The molecule has 5 heteroatoms. The molecule has 1 heterocycles. The van der Waals surface area contributed by atoms with Crippen LogP contribution in [0.2, 0.25) is 0 Å². The van der Waals surface area contributed by atoms with E-state index in [4.69, 9.17) is 10.5 Å². The molecule has 2 N–H and O–H groups in total. The van der Waals surface area contributed by atoms with Crippen LogP contribution >= 0.6 is 0 Å². The lowest BCUT2D eigenvalue weighted by Crippen LogP contribution is -2.38. The van der Waals surface area contributed by atoms with Crippen molar-refractivity contribution in [2.45, 2.75) is 51.7 Å². The van der Waals surface area contributed by atoms with Crippen LogP contribution in [0.15, 0.2) is 36.7 Å². The molecule has 1 aromatic heterocycles. The van der Waals surface area contributed by atoms with Gasteiger partial charge < -0.3 is 15.0 Å². The molecule has 24 heavy (non-hydrogen) atoms. The third kappa shape index (κ3) is 4.45. The van der Waals surface area contributed by atoms with Gasteiger partial charge in [0, 0.05) is 12.6 Å². The SMILES string of the molecule is CCC(N)(CC)[13CH2][13CH2][13c]1n[13cH]n(C)[13c]1C(=O)OCc1ccccc1. The van der Waals surface area contributed by atoms with Crippen LogP contribution in [0.25, 0.3) is 0 Å². The molecule has 1 aromatic carbocycles. The average molecular weight is 334 g/mol. The number of aromatic nitrogens is 2. The van der Waals surface area contributed by atoms with E-state index in [1.54, 1.807) is 10.9 Å². The summed E-state index contributed by atoms with van der Waals surface area (Å²) in [4.78, 5) is 16.8. The van der Waals surface area contributed by atoms with E-state index < -0.39 is 0 Å². The summed E-state index contributed by atoms with van der Waals surface area (Å²) in [6.45, 7) is 4.45. The molecule has 0 radical (unpaired) electrons. The maximum Gasteiger partial charge on any atom is 0.357 e. The van der Waals surface area contributed by atoms with E-state index in [-0.39, 0.29) is 18.1 Å². The van der Waals surface area contributed by atoms with E-state index in [9.17, 15) is 4.79 Å². The Morgan fingerprint density at radius 2 is 1.92 bits per heavy atom. The second-order valence-electron chi connectivity index (χ2n) is 6.28. The maximum absolute atomic E-state index is 12.5. The van der Waals surface area contributed by atoms with Crippen molar-refractivity contribution in [1.29, 1.82) is 0 Å². The van der Waals surface area contributed by atoms with Gasteiger partial charge in [-0.3, -0.25) is 0 Å². The van der Waals surface area contributed by atoms with Crippen LogP contribution in [0.1, 0.15) is 54.9 Å². The summed E-state index contributed by atoms with van der Waals surface area (Å²) in [5.41, 5.74) is 8.39. The summed E-state index contributed by atoms with van der Waals surface area (Å²) in [6, 6.07) is 9.65. The Morgan fingerprint density at radius 3 is 2.54 bits per heavy atom. The summed E-state index contributed by atoms with van der Waals surface area (Å²) in [5.74, 6) is -0.343. The number of ether oxygens (including phenoxy) is 1. The van der Waals surface area contributed by atoms with Crippen LogP contribution < -0.4 is 5.73 Å². The van der Waals surface area contributed by atoms with Gasteiger partial charge in [0.05, 0.1) is 12.0 Å². The molecule has 0 aliphatic carbocycles. The van der Waals surface area contributed by atoms with Crippen LogP contribution in [0, 0.1) is 0 Å². The summed E-state index contributed by atoms with van der Waals surface area (Å²) < 4.78 is 7.17. The number of aryl methyl sites for hydroxylation is 2. The minimum atomic E-state index is -0.343. The van der Waals surface area contributed by atoms with Gasteiger partial charge in [0.25, 0.3) is 0 Å². The number of carbonyl (C=O) groups is 1. The molecule has 0 amide bonds. The lowest BCUT2D eigenvalue weighted by Gasteiger charge is -2.26. The van der Waals surface area contributed by atoms with Gasteiger partial charge in [-0.15, -0.1) is 0 Å². The molecule has 0 spiro atoms. The van der Waals surface area contributed by atoms with E-state index in [1.165, 1.54) is 0 Å². The first kappa shape index (κ1) is 18.2. The highest BCUT2D eigenvalue weighted by atomic mass is 16.5. The van der Waals surface area contributed by atoms with Crippen molar-refractivity contribution >= 4 is 5.97 Å². The number of nitrogens with zero attached hydrogens (tertiary/aromatic N) is 2. The van der Waals surface area contributed by atoms with Gasteiger partial charge in [0.1, 0.15) is 12.3 Å². The van der Waals surface area contributed by atoms with Crippen LogP contribution in [-0.2, 0) is 24.8 Å². The highest BCUT2D eigenvalue weighted by Gasteiger charge is 2.24. The minimum absolute atomic E-state index is 0.206. The Labute approximate surface area is 143 Å². The first-order valence-corrected chi connectivity index (χ1v) is 8.49. The number of benzene rings is 1. The van der Waals surface area contributed by atoms with Gasteiger partial charge in [-0.05, 0) is 31.2 Å². The fourth-order valence-corrected chi connectivity index (χ4v) is 2.69. The van der Waals surface area contributed by atoms with E-state index in [2.05, 4.69) is 18.8 Å². The molecule has 0 bridgehead atoms. The Kier molecular flexibility index (Phi) is 6.15. The predicted molar refractivity (Wildman–Crippen MR) is 94.6 cm³/mol. The Balaban J connectivity index is 2.04. The highest BCUT2D eigenvalue weighted by molar-refractivity contribution is 5.88. The van der Waals surface area contributed by atoms with Gasteiger partial charge in [-0.2, -0.15) is 0 Å². The van der Waals surface area contributed by atoms with Gasteiger partial charge in [0.15, 0.2) is 0 Å². The predicted octanol–water partition coefficient (Wildman–Crippen LogP) is 3.23. The van der Waals surface area contributed by atoms with Crippen LogP contribution in [0.3, 0.4) is 0 Å². The molecule has 0 saturated carbocycles. The number of imidazole rings is 1. The molecule has 0 saturated heterocycles. The van der Waals surface area contributed by atoms with Gasteiger partial charge in [0.2, 0.25) is 0 Å². The van der Waals surface area contributed by atoms with Crippen molar-refractivity contribution in [3.8, 4) is 0 Å². The monoisotopic (exact) mass is 334 g/mol. The number of hydrogen-bond donors (Lipinski definition) is 1. The molecule has 5 nitrogen and oxygen atoms in total. The van der Waals surface area contributed by atoms with Crippen LogP contribution in [-0.4, -0.2) is 21.1 Å². The third-order valence-corrected chi connectivity index (χ3v) is 4.69. The van der Waals surface area contributed by atoms with Gasteiger partial charge >= 0.3 is 5.97 Å². The standard InChI is InChI=1S/C19H27N3O2/c1-4-19(20,5-2)12-11-16-17(22(3)14-21-16)18(23)24-13-15-9-7-6-8-10-15/h6-10,14H,4-5,11-13,20H2,1-3H3/i11+1,12+1,14+1,16+1,17+1. The zero-order valence-electron chi connectivity index (χ0n) is 14.8. The highest BCUT2D eigenvalue weighted by Crippen LogP contribution is 2.20. The number of nitrogens with two attached hydrogens (primary N) is 1. The lowest BCUT2D eigenvalue weighted by molar-refractivity contribution is 0.0459. The second-order valence-corrected chi connectivity index (χ2v) is 6.28. The number of esters is 1. The third-order valence-electron chi connectivity index (χ3n) is 4.69. The normalized spacial score (nSPS) is 11.5. The smallest absolute Gasteiger partial charge is 0.357 e. The minimum Gasteiger partial charge on any atom is -0.456 e. The maximum atomic E-state index is 12.5. The number of carbonyl (C=O) groups excluding carboxylic acids is 1. The molecular weight excluding hydrogens is 307 g/mol. The van der Waals surface area contributed by atoms with E-state index in [0.29, 0.717) is 12.1 Å². The number of hydrogen-bond acceptors (Lipinski definition) is 4. The fourth-order valence-electron chi connectivity index (χ4n) is 2.69. The van der Waals surface area contributed by atoms with Gasteiger partial charge in [-0.1, -0.05) is 44.2 Å². The average Bonchev–Trinajstić information content (AvgIpc) is 2.99. The molecule has 0 atom stereocenters. The first-order chi connectivity index (χ1) is 11.5. The first-order valence-electron chi connectivity index (χ1n) is 8.49. The quantitative estimate of drug-likeness (QED) is 0.594. The van der Waals surface area contributed by atoms with E-state index in [0.717, 1.165) is 30.5 Å². The molecular formula is C19H27N3O2. The zero-order chi connectivity index (χ0) is 17.6. The summed E-state index contributed by atoms with van der Waals surface area (Å²) >= 11 is 0. The van der Waals surface area contributed by atoms with Crippen molar-refractivity contribution in [2.75, 3.05) is 0 Å². The number of rotatable bonds is 8. The lowest BCUT2D eigenvalue weighted by atomic mass is 10.0. The summed E-state index contributed by atoms with van der Waals surface area (Å²) in [7, 11) is 1.81. The molecule has 0 unspecified atom stereocenters. The van der Waals surface area contributed by atoms with Gasteiger partial charge in [-0.25, -0.2) is 9.78 Å². The Hall–Kier alpha value is -2.14. The zero-order valence-corrected chi connectivity index (χ0v) is 14.8. The van der Waals surface area contributed by atoms with Crippen molar-refractivity contribution in [3.63, 3.8) is 0 Å². The molecule has 2 rings (SSSR count). The van der Waals surface area contributed by atoms with Crippen LogP contribution in [0.4, 0.5) is 0 Å². The van der Waals surface area contributed by atoms with E-state index >= 15 is 0 Å².